The molecular weight excluding hydrogens is 306 g/mol. The number of nitrogens with zero attached hydrogens (tertiary/aromatic N) is 2. The number of rotatable bonds is 4. The molecule has 19 heavy (non-hydrogen) atoms. The van der Waals surface area contributed by atoms with Crippen molar-refractivity contribution in [2.45, 2.75) is 13.2 Å². The Morgan fingerprint density at radius 2 is 2.16 bits per heavy atom. The minimum Gasteiger partial charge on any atom is -0.489 e. The molecule has 0 spiro atoms. The van der Waals surface area contributed by atoms with Crippen LogP contribution >= 0.6 is 15.9 Å². The summed E-state index contributed by atoms with van der Waals surface area (Å²) in [5, 5.41) is 8.94. The van der Waals surface area contributed by atoms with Crippen molar-refractivity contribution < 1.29 is 4.74 Å². The molecule has 96 valence electrons. The van der Waals surface area contributed by atoms with Crippen molar-refractivity contribution in [2.75, 3.05) is 0 Å². The summed E-state index contributed by atoms with van der Waals surface area (Å²) in [7, 11) is 0. The van der Waals surface area contributed by atoms with Gasteiger partial charge in [-0.25, -0.2) is 4.98 Å². The lowest BCUT2D eigenvalue weighted by Crippen LogP contribution is -2.02. The molecule has 1 aromatic carbocycles. The lowest BCUT2D eigenvalue weighted by molar-refractivity contribution is 0.305. The van der Waals surface area contributed by atoms with Crippen LogP contribution in [0.15, 0.2) is 41.0 Å². The van der Waals surface area contributed by atoms with Gasteiger partial charge < -0.3 is 10.5 Å². The number of hydrogen-bond donors (Lipinski definition) is 1. The summed E-state index contributed by atoms with van der Waals surface area (Å²) < 4.78 is 6.62. The summed E-state index contributed by atoms with van der Waals surface area (Å²) in [5.74, 6) is 0.719. The Morgan fingerprint density at radius 3 is 2.89 bits per heavy atom. The highest BCUT2D eigenvalue weighted by Crippen LogP contribution is 2.23. The van der Waals surface area contributed by atoms with Gasteiger partial charge in [0, 0.05) is 22.8 Å². The zero-order valence-electron chi connectivity index (χ0n) is 10.1. The van der Waals surface area contributed by atoms with Gasteiger partial charge in [0.15, 0.2) is 0 Å². The van der Waals surface area contributed by atoms with Gasteiger partial charge in [0.25, 0.3) is 0 Å². The third kappa shape index (κ3) is 3.31. The maximum absolute atomic E-state index is 8.94. The van der Waals surface area contributed by atoms with E-state index in [4.69, 9.17) is 15.7 Å². The van der Waals surface area contributed by atoms with E-state index in [2.05, 4.69) is 20.9 Å². The van der Waals surface area contributed by atoms with Crippen LogP contribution in [-0.4, -0.2) is 4.98 Å². The molecule has 0 amide bonds. The fourth-order valence-electron chi connectivity index (χ4n) is 1.61. The summed E-state index contributed by atoms with van der Waals surface area (Å²) in [6.07, 6.45) is 1.59. The Hall–Kier alpha value is -1.90. The number of hydrogen-bond acceptors (Lipinski definition) is 4. The van der Waals surface area contributed by atoms with Crippen molar-refractivity contribution in [1.82, 2.24) is 4.98 Å². The van der Waals surface area contributed by atoms with Gasteiger partial charge in [-0.15, -0.1) is 0 Å². The van der Waals surface area contributed by atoms with Crippen LogP contribution in [0, 0.1) is 11.3 Å². The van der Waals surface area contributed by atoms with Gasteiger partial charge in [-0.2, -0.15) is 5.26 Å². The minimum atomic E-state index is 0.308. The first-order chi connectivity index (χ1) is 9.24. The van der Waals surface area contributed by atoms with E-state index in [1.54, 1.807) is 12.3 Å². The third-order valence-electron chi connectivity index (χ3n) is 2.63. The van der Waals surface area contributed by atoms with Crippen LogP contribution in [-0.2, 0) is 13.2 Å². The maximum atomic E-state index is 8.94. The molecule has 2 rings (SSSR count). The summed E-state index contributed by atoms with van der Waals surface area (Å²) in [6.45, 7) is 0.747. The van der Waals surface area contributed by atoms with Crippen LogP contribution in [0.2, 0.25) is 0 Å². The number of ether oxygens (including phenoxy) is 1. The normalized spacial score (nSPS) is 9.95. The van der Waals surface area contributed by atoms with Gasteiger partial charge in [-0.1, -0.05) is 22.0 Å². The van der Waals surface area contributed by atoms with Crippen molar-refractivity contribution >= 4 is 15.9 Å². The van der Waals surface area contributed by atoms with E-state index in [-0.39, 0.29) is 0 Å². The van der Waals surface area contributed by atoms with Crippen LogP contribution < -0.4 is 10.5 Å². The van der Waals surface area contributed by atoms with Crippen molar-refractivity contribution in [3.63, 3.8) is 0 Å². The van der Waals surface area contributed by atoms with Gasteiger partial charge in [0.1, 0.15) is 24.1 Å². The number of pyridine rings is 1. The summed E-state index contributed by atoms with van der Waals surface area (Å²) in [4.78, 5) is 3.99. The molecule has 2 N–H and O–H groups in total. The van der Waals surface area contributed by atoms with E-state index in [0.717, 1.165) is 21.3 Å². The largest absolute Gasteiger partial charge is 0.489 e. The standard InChI is InChI=1S/C14H12BrN3O/c15-13-4-3-12(6-11(13)7-16)19-9-10-2-1-5-18-14(10)8-17/h1-6H,7,9,16H2. The highest BCUT2D eigenvalue weighted by molar-refractivity contribution is 9.10. The third-order valence-corrected chi connectivity index (χ3v) is 3.40. The van der Waals surface area contributed by atoms with E-state index in [0.29, 0.717) is 18.8 Å². The molecule has 2 aromatic rings. The zero-order chi connectivity index (χ0) is 13.7. The van der Waals surface area contributed by atoms with E-state index in [1.807, 2.05) is 30.3 Å². The number of nitriles is 1. The van der Waals surface area contributed by atoms with Crippen LogP contribution in [0.1, 0.15) is 16.8 Å². The minimum absolute atomic E-state index is 0.308. The molecule has 1 aromatic heterocycles. The average Bonchev–Trinajstić information content (AvgIpc) is 2.46. The molecule has 4 nitrogen and oxygen atoms in total. The van der Waals surface area contributed by atoms with Crippen molar-refractivity contribution in [3.8, 4) is 11.8 Å². The fraction of sp³-hybridized carbons (Fsp3) is 0.143. The number of benzene rings is 1. The Balaban J connectivity index is 2.13. The SMILES string of the molecule is N#Cc1ncccc1COc1ccc(Br)c(CN)c1. The predicted molar refractivity (Wildman–Crippen MR) is 75.3 cm³/mol. The second-order valence-corrected chi connectivity index (χ2v) is 4.72. The van der Waals surface area contributed by atoms with Crippen LogP contribution in [0.4, 0.5) is 0 Å². The molecule has 1 heterocycles. The second kappa shape index (κ2) is 6.32. The Morgan fingerprint density at radius 1 is 1.32 bits per heavy atom. The average molecular weight is 318 g/mol. The monoisotopic (exact) mass is 317 g/mol. The van der Waals surface area contributed by atoms with Crippen molar-refractivity contribution in [3.05, 3.63) is 57.8 Å². The first kappa shape index (κ1) is 13.5. The summed E-state index contributed by atoms with van der Waals surface area (Å²) in [5.41, 5.74) is 7.76. The quantitative estimate of drug-likeness (QED) is 0.941. The zero-order valence-corrected chi connectivity index (χ0v) is 11.7. The Labute approximate surface area is 120 Å². The molecule has 0 saturated heterocycles. The first-order valence-electron chi connectivity index (χ1n) is 5.70. The molecule has 5 heteroatoms. The number of halogens is 1. The van der Waals surface area contributed by atoms with E-state index in [1.165, 1.54) is 0 Å². The van der Waals surface area contributed by atoms with E-state index in [9.17, 15) is 0 Å². The van der Waals surface area contributed by atoms with Gasteiger partial charge in [-0.05, 0) is 29.8 Å². The maximum Gasteiger partial charge on any atom is 0.147 e. The molecule has 0 radical (unpaired) electrons. The topological polar surface area (TPSA) is 71.9 Å². The lowest BCUT2D eigenvalue weighted by atomic mass is 10.2. The number of aromatic nitrogens is 1. The molecular formula is C14H12BrN3O. The van der Waals surface area contributed by atoms with Gasteiger partial charge >= 0.3 is 0 Å². The molecule has 0 aliphatic carbocycles. The fourth-order valence-corrected chi connectivity index (χ4v) is 2.02. The molecule has 0 bridgehead atoms. The van der Waals surface area contributed by atoms with Crippen LogP contribution in [0.5, 0.6) is 5.75 Å². The molecule has 0 unspecified atom stereocenters. The molecule has 0 aliphatic heterocycles. The summed E-state index contributed by atoms with van der Waals surface area (Å²) in [6, 6.07) is 11.3. The molecule has 0 atom stereocenters. The van der Waals surface area contributed by atoms with Crippen LogP contribution in [0.3, 0.4) is 0 Å². The van der Waals surface area contributed by atoms with Gasteiger partial charge in [-0.3, -0.25) is 0 Å². The smallest absolute Gasteiger partial charge is 0.147 e. The second-order valence-electron chi connectivity index (χ2n) is 3.87. The van der Waals surface area contributed by atoms with Gasteiger partial charge in [0.05, 0.1) is 0 Å². The molecule has 0 aliphatic rings. The predicted octanol–water partition coefficient (Wildman–Crippen LogP) is 2.75. The van der Waals surface area contributed by atoms with E-state index < -0.39 is 0 Å². The lowest BCUT2D eigenvalue weighted by Gasteiger charge is -2.09. The van der Waals surface area contributed by atoms with Crippen molar-refractivity contribution in [2.24, 2.45) is 5.73 Å². The Kier molecular flexibility index (Phi) is 4.50. The van der Waals surface area contributed by atoms with Crippen molar-refractivity contribution in [1.29, 1.82) is 5.26 Å². The Bertz CT molecular complexity index is 622. The summed E-state index contributed by atoms with van der Waals surface area (Å²) >= 11 is 3.42. The van der Waals surface area contributed by atoms with Crippen LogP contribution in [0.25, 0.3) is 0 Å². The molecule has 0 fully saturated rings. The number of nitrogens with two attached hydrogens (primary N) is 1. The first-order valence-corrected chi connectivity index (χ1v) is 6.49. The highest BCUT2D eigenvalue weighted by Gasteiger charge is 2.05. The van der Waals surface area contributed by atoms with Gasteiger partial charge in [0.2, 0.25) is 0 Å². The highest BCUT2D eigenvalue weighted by atomic mass is 79.9. The van der Waals surface area contributed by atoms with E-state index >= 15 is 0 Å². The molecule has 0 saturated carbocycles.